The van der Waals surface area contributed by atoms with Crippen molar-refractivity contribution >= 4 is 27.8 Å². The Balaban J connectivity index is 1.95. The summed E-state index contributed by atoms with van der Waals surface area (Å²) in [7, 11) is 0. The van der Waals surface area contributed by atoms with E-state index in [1.165, 1.54) is 0 Å². The van der Waals surface area contributed by atoms with Gasteiger partial charge in [0.1, 0.15) is 0 Å². The van der Waals surface area contributed by atoms with Crippen LogP contribution in [0.5, 0.6) is 0 Å². The van der Waals surface area contributed by atoms with Gasteiger partial charge in [0.05, 0.1) is 11.6 Å². The molecule has 0 spiro atoms. The van der Waals surface area contributed by atoms with E-state index in [-0.39, 0.29) is 18.6 Å². The largest absolute Gasteiger partial charge is 0.452 e. The van der Waals surface area contributed by atoms with Crippen LogP contribution in [0, 0.1) is 5.92 Å². The van der Waals surface area contributed by atoms with Gasteiger partial charge in [0.2, 0.25) is 0 Å². The van der Waals surface area contributed by atoms with Crippen molar-refractivity contribution in [2.45, 2.75) is 26.3 Å². The van der Waals surface area contributed by atoms with Gasteiger partial charge in [-0.25, -0.2) is 4.79 Å². The van der Waals surface area contributed by atoms with Crippen molar-refractivity contribution < 1.29 is 14.3 Å². The zero-order valence-corrected chi connectivity index (χ0v) is 16.0. The normalized spacial score (nSPS) is 11.8. The monoisotopic (exact) mass is 403 g/mol. The summed E-state index contributed by atoms with van der Waals surface area (Å²) < 4.78 is 5.77. The standard InChI is InChI=1S/C20H22BrNO3/c1-14(2)12-18(15-8-4-3-5-9-15)22-19(23)13-25-20(24)16-10-6-7-11-17(16)21/h3-11,14,18H,12-13H2,1-2H3,(H,22,23). The highest BCUT2D eigenvalue weighted by Crippen LogP contribution is 2.21. The number of benzene rings is 2. The van der Waals surface area contributed by atoms with E-state index in [4.69, 9.17) is 4.74 Å². The summed E-state index contributed by atoms with van der Waals surface area (Å²) in [6, 6.07) is 16.7. The lowest BCUT2D eigenvalue weighted by Gasteiger charge is -2.21. The number of hydrogen-bond acceptors (Lipinski definition) is 3. The Bertz CT molecular complexity index is 716. The lowest BCUT2D eigenvalue weighted by molar-refractivity contribution is -0.125. The van der Waals surface area contributed by atoms with E-state index in [0.717, 1.165) is 12.0 Å². The van der Waals surface area contributed by atoms with Crippen molar-refractivity contribution in [3.05, 3.63) is 70.2 Å². The van der Waals surface area contributed by atoms with Crippen molar-refractivity contribution in [3.63, 3.8) is 0 Å². The Morgan fingerprint density at radius 3 is 2.32 bits per heavy atom. The first-order valence-electron chi connectivity index (χ1n) is 8.23. The number of hydrogen-bond donors (Lipinski definition) is 1. The van der Waals surface area contributed by atoms with E-state index >= 15 is 0 Å². The third kappa shape index (κ3) is 6.02. The molecule has 132 valence electrons. The van der Waals surface area contributed by atoms with E-state index in [2.05, 4.69) is 35.1 Å². The Morgan fingerprint density at radius 2 is 1.68 bits per heavy atom. The Morgan fingerprint density at radius 1 is 1.04 bits per heavy atom. The molecule has 0 saturated heterocycles. The smallest absolute Gasteiger partial charge is 0.339 e. The van der Waals surface area contributed by atoms with Crippen LogP contribution in [0.3, 0.4) is 0 Å². The van der Waals surface area contributed by atoms with Crippen molar-refractivity contribution in [1.29, 1.82) is 0 Å². The maximum atomic E-state index is 12.2. The van der Waals surface area contributed by atoms with Crippen LogP contribution in [0.4, 0.5) is 0 Å². The van der Waals surface area contributed by atoms with Crippen LogP contribution in [0.15, 0.2) is 59.1 Å². The molecule has 1 atom stereocenters. The molecule has 0 aliphatic carbocycles. The highest BCUT2D eigenvalue weighted by molar-refractivity contribution is 9.10. The molecule has 25 heavy (non-hydrogen) atoms. The van der Waals surface area contributed by atoms with Crippen molar-refractivity contribution in [2.75, 3.05) is 6.61 Å². The Labute approximate surface area is 156 Å². The van der Waals surface area contributed by atoms with Gasteiger partial charge in [-0.2, -0.15) is 0 Å². The second-order valence-electron chi connectivity index (χ2n) is 6.22. The molecule has 0 aliphatic rings. The summed E-state index contributed by atoms with van der Waals surface area (Å²) in [6.07, 6.45) is 0.813. The summed E-state index contributed by atoms with van der Waals surface area (Å²) in [6.45, 7) is 3.91. The maximum Gasteiger partial charge on any atom is 0.339 e. The third-order valence-corrected chi connectivity index (χ3v) is 4.36. The summed E-state index contributed by atoms with van der Waals surface area (Å²) in [5.74, 6) is -0.411. The van der Waals surface area contributed by atoms with Crippen molar-refractivity contribution in [3.8, 4) is 0 Å². The SMILES string of the molecule is CC(C)CC(NC(=O)COC(=O)c1ccccc1Br)c1ccccc1. The molecule has 0 aromatic heterocycles. The average Bonchev–Trinajstić information content (AvgIpc) is 2.60. The Kier molecular flexibility index (Phi) is 7.19. The second-order valence-corrected chi connectivity index (χ2v) is 7.07. The number of rotatable bonds is 7. The molecule has 1 amide bonds. The summed E-state index contributed by atoms with van der Waals surface area (Å²) in [4.78, 5) is 24.3. The van der Waals surface area contributed by atoms with Crippen LogP contribution in [-0.4, -0.2) is 18.5 Å². The van der Waals surface area contributed by atoms with Crippen LogP contribution in [0.25, 0.3) is 0 Å². The topological polar surface area (TPSA) is 55.4 Å². The summed E-state index contributed by atoms with van der Waals surface area (Å²) >= 11 is 3.30. The molecule has 0 fully saturated rings. The lowest BCUT2D eigenvalue weighted by Crippen LogP contribution is -2.33. The van der Waals surface area contributed by atoms with Crippen molar-refractivity contribution in [2.24, 2.45) is 5.92 Å². The summed E-state index contributed by atoms with van der Waals surface area (Å²) in [5.41, 5.74) is 1.44. The minimum Gasteiger partial charge on any atom is -0.452 e. The molecule has 0 aliphatic heterocycles. The lowest BCUT2D eigenvalue weighted by atomic mass is 9.97. The number of esters is 1. The number of amides is 1. The molecular formula is C20H22BrNO3. The molecule has 0 heterocycles. The minimum atomic E-state index is -0.525. The molecule has 0 radical (unpaired) electrons. The first-order valence-corrected chi connectivity index (χ1v) is 9.02. The van der Waals surface area contributed by atoms with Gasteiger partial charge in [0.15, 0.2) is 6.61 Å². The minimum absolute atomic E-state index is 0.101. The first-order chi connectivity index (χ1) is 12.0. The van der Waals surface area contributed by atoms with E-state index in [1.54, 1.807) is 18.2 Å². The van der Waals surface area contributed by atoms with Crippen molar-refractivity contribution in [1.82, 2.24) is 5.32 Å². The molecule has 1 N–H and O–H groups in total. The fraction of sp³-hybridized carbons (Fsp3) is 0.300. The molecule has 2 aromatic rings. The number of ether oxygens (including phenoxy) is 1. The number of nitrogens with one attached hydrogen (secondary N) is 1. The molecule has 0 bridgehead atoms. The first kappa shape index (κ1) is 19.2. The van der Waals surface area contributed by atoms with Crippen LogP contribution >= 0.6 is 15.9 Å². The fourth-order valence-electron chi connectivity index (χ4n) is 2.51. The van der Waals surface area contributed by atoms with Gasteiger partial charge >= 0.3 is 5.97 Å². The number of halogens is 1. The van der Waals surface area contributed by atoms with Gasteiger partial charge in [0.25, 0.3) is 5.91 Å². The number of carbonyl (C=O) groups is 2. The molecule has 5 heteroatoms. The molecular weight excluding hydrogens is 382 g/mol. The predicted octanol–water partition coefficient (Wildman–Crippen LogP) is 4.51. The third-order valence-electron chi connectivity index (χ3n) is 3.67. The van der Waals surface area contributed by atoms with Gasteiger partial charge in [0, 0.05) is 4.47 Å². The highest BCUT2D eigenvalue weighted by atomic mass is 79.9. The quantitative estimate of drug-likeness (QED) is 0.691. The Hall–Kier alpha value is -2.14. The van der Waals surface area contributed by atoms with E-state index in [1.807, 2.05) is 36.4 Å². The van der Waals surface area contributed by atoms with Gasteiger partial charge < -0.3 is 10.1 Å². The molecule has 4 nitrogen and oxygen atoms in total. The maximum absolute atomic E-state index is 12.2. The van der Waals surface area contributed by atoms with Crippen LogP contribution in [-0.2, 0) is 9.53 Å². The molecule has 2 rings (SSSR count). The average molecular weight is 404 g/mol. The van der Waals surface area contributed by atoms with Gasteiger partial charge in [-0.05, 0) is 46.0 Å². The zero-order valence-electron chi connectivity index (χ0n) is 14.4. The van der Waals surface area contributed by atoms with Crippen LogP contribution in [0.2, 0.25) is 0 Å². The van der Waals surface area contributed by atoms with Gasteiger partial charge in [-0.1, -0.05) is 56.3 Å². The highest BCUT2D eigenvalue weighted by Gasteiger charge is 2.18. The zero-order chi connectivity index (χ0) is 18.2. The van der Waals surface area contributed by atoms with E-state index < -0.39 is 5.97 Å². The van der Waals surface area contributed by atoms with E-state index in [9.17, 15) is 9.59 Å². The summed E-state index contributed by atoms with van der Waals surface area (Å²) in [5, 5.41) is 2.96. The number of carbonyl (C=O) groups excluding carboxylic acids is 2. The second kappa shape index (κ2) is 9.37. The molecule has 1 unspecified atom stereocenters. The molecule has 2 aromatic carbocycles. The van der Waals surface area contributed by atoms with Crippen LogP contribution < -0.4 is 5.32 Å². The van der Waals surface area contributed by atoms with Crippen LogP contribution in [0.1, 0.15) is 42.2 Å². The fourth-order valence-corrected chi connectivity index (χ4v) is 2.95. The van der Waals surface area contributed by atoms with Gasteiger partial charge in [-0.3, -0.25) is 4.79 Å². The molecule has 0 saturated carbocycles. The predicted molar refractivity (Wildman–Crippen MR) is 101 cm³/mol. The van der Waals surface area contributed by atoms with E-state index in [0.29, 0.717) is 16.0 Å². The van der Waals surface area contributed by atoms with Gasteiger partial charge in [-0.15, -0.1) is 0 Å².